The van der Waals surface area contributed by atoms with Gasteiger partial charge in [-0.25, -0.2) is 0 Å². The Morgan fingerprint density at radius 3 is 2.74 bits per heavy atom. The van der Waals surface area contributed by atoms with Gasteiger partial charge in [0, 0.05) is 18.8 Å². The van der Waals surface area contributed by atoms with Crippen molar-refractivity contribution < 1.29 is 4.74 Å². The van der Waals surface area contributed by atoms with E-state index in [1.165, 1.54) is 0 Å². The Bertz CT molecular complexity index is 561. The molecule has 0 atom stereocenters. The largest absolute Gasteiger partial charge is 0.454 e. The molecule has 1 heterocycles. The molecule has 1 N–H and O–H groups in total. The second-order valence-electron chi connectivity index (χ2n) is 3.99. The molecule has 0 unspecified atom stereocenters. The summed E-state index contributed by atoms with van der Waals surface area (Å²) in [7, 11) is 0. The molecule has 1 aromatic heterocycles. The fourth-order valence-corrected chi connectivity index (χ4v) is 1.99. The molecule has 0 fully saturated rings. The summed E-state index contributed by atoms with van der Waals surface area (Å²) in [6.45, 7) is 3.77. The first-order valence-corrected chi connectivity index (χ1v) is 6.72. The van der Waals surface area contributed by atoms with E-state index in [4.69, 9.17) is 27.9 Å². The number of benzene rings is 1. The Morgan fingerprint density at radius 2 is 2.05 bits per heavy atom. The number of nitrogens with one attached hydrogen (secondary N) is 1. The third-order valence-corrected chi connectivity index (χ3v) is 2.99. The van der Waals surface area contributed by atoms with Crippen LogP contribution in [0.15, 0.2) is 36.7 Å². The van der Waals surface area contributed by atoms with Crippen molar-refractivity contribution in [2.24, 2.45) is 0 Å². The number of pyridine rings is 1. The highest BCUT2D eigenvalue weighted by atomic mass is 35.5. The van der Waals surface area contributed by atoms with E-state index in [0.29, 0.717) is 21.5 Å². The second-order valence-corrected chi connectivity index (χ2v) is 4.83. The van der Waals surface area contributed by atoms with Crippen LogP contribution >= 0.6 is 23.2 Å². The Hall–Kier alpha value is -1.29. The Morgan fingerprint density at radius 1 is 1.21 bits per heavy atom. The number of hydrogen-bond donors (Lipinski definition) is 1. The highest BCUT2D eigenvalue weighted by Crippen LogP contribution is 2.30. The zero-order valence-corrected chi connectivity index (χ0v) is 12.0. The molecular formula is C14H14Cl2N2O. The fraction of sp³-hybridized carbons (Fsp3) is 0.214. The molecule has 19 heavy (non-hydrogen) atoms. The summed E-state index contributed by atoms with van der Waals surface area (Å²) in [6.07, 6.45) is 3.14. The Kier molecular flexibility index (Phi) is 5.02. The Labute approximate surface area is 122 Å². The number of aromatic nitrogens is 1. The van der Waals surface area contributed by atoms with Crippen molar-refractivity contribution in [1.82, 2.24) is 10.3 Å². The summed E-state index contributed by atoms with van der Waals surface area (Å²) >= 11 is 12.0. The van der Waals surface area contributed by atoms with Crippen LogP contribution in [0.4, 0.5) is 0 Å². The molecule has 0 radical (unpaired) electrons. The van der Waals surface area contributed by atoms with Gasteiger partial charge in [-0.05, 0) is 24.2 Å². The molecule has 0 saturated carbocycles. The minimum absolute atomic E-state index is 0.525. The van der Waals surface area contributed by atoms with E-state index in [0.717, 1.165) is 18.7 Å². The van der Waals surface area contributed by atoms with E-state index in [1.807, 2.05) is 18.2 Å². The SMILES string of the molecule is CCNCc1ccc(Oc2cncc(Cl)c2)c(Cl)c1. The molecule has 0 bridgehead atoms. The molecule has 0 aliphatic rings. The van der Waals surface area contributed by atoms with Crippen LogP contribution in [0, 0.1) is 0 Å². The molecule has 3 nitrogen and oxygen atoms in total. The molecule has 2 rings (SSSR count). The molecule has 2 aromatic rings. The second kappa shape index (κ2) is 6.75. The van der Waals surface area contributed by atoms with E-state index in [1.54, 1.807) is 18.5 Å². The smallest absolute Gasteiger partial charge is 0.147 e. The zero-order chi connectivity index (χ0) is 13.7. The van der Waals surface area contributed by atoms with Crippen molar-refractivity contribution in [2.45, 2.75) is 13.5 Å². The zero-order valence-electron chi connectivity index (χ0n) is 10.5. The molecule has 0 aliphatic carbocycles. The Balaban J connectivity index is 2.13. The van der Waals surface area contributed by atoms with Gasteiger partial charge >= 0.3 is 0 Å². The lowest BCUT2D eigenvalue weighted by molar-refractivity contribution is 0.480. The van der Waals surface area contributed by atoms with E-state index in [2.05, 4.69) is 17.2 Å². The van der Waals surface area contributed by atoms with Gasteiger partial charge in [-0.15, -0.1) is 0 Å². The quantitative estimate of drug-likeness (QED) is 0.894. The van der Waals surface area contributed by atoms with Gasteiger partial charge < -0.3 is 10.1 Å². The molecule has 1 aromatic carbocycles. The standard InChI is InChI=1S/C14H14Cl2N2O/c1-2-17-7-10-3-4-14(13(16)5-10)19-12-6-11(15)8-18-9-12/h3-6,8-9,17H,2,7H2,1H3. The third kappa shape index (κ3) is 4.10. The number of hydrogen-bond acceptors (Lipinski definition) is 3. The van der Waals surface area contributed by atoms with Crippen molar-refractivity contribution >= 4 is 23.2 Å². The van der Waals surface area contributed by atoms with Crippen molar-refractivity contribution in [2.75, 3.05) is 6.54 Å². The summed E-state index contributed by atoms with van der Waals surface area (Å²) < 4.78 is 5.65. The normalized spacial score (nSPS) is 10.5. The lowest BCUT2D eigenvalue weighted by Crippen LogP contribution is -2.11. The molecule has 5 heteroatoms. The molecule has 0 saturated heterocycles. The van der Waals surface area contributed by atoms with Gasteiger partial charge in [0.2, 0.25) is 0 Å². The van der Waals surface area contributed by atoms with Crippen LogP contribution in [0.3, 0.4) is 0 Å². The molecular weight excluding hydrogens is 283 g/mol. The first kappa shape index (κ1) is 14.1. The van der Waals surface area contributed by atoms with Crippen LogP contribution in [0.1, 0.15) is 12.5 Å². The van der Waals surface area contributed by atoms with Gasteiger partial charge in [0.25, 0.3) is 0 Å². The van der Waals surface area contributed by atoms with Gasteiger partial charge in [-0.1, -0.05) is 36.2 Å². The average molecular weight is 297 g/mol. The van der Waals surface area contributed by atoms with Crippen LogP contribution < -0.4 is 10.1 Å². The summed E-state index contributed by atoms with van der Waals surface area (Å²) in [5, 5.41) is 4.33. The van der Waals surface area contributed by atoms with Gasteiger partial charge in [-0.3, -0.25) is 4.98 Å². The van der Waals surface area contributed by atoms with Gasteiger partial charge in [0.1, 0.15) is 11.5 Å². The van der Waals surface area contributed by atoms with Gasteiger partial charge in [-0.2, -0.15) is 0 Å². The number of halogens is 2. The summed E-state index contributed by atoms with van der Waals surface area (Å²) in [4.78, 5) is 3.96. The fourth-order valence-electron chi connectivity index (χ4n) is 1.58. The summed E-state index contributed by atoms with van der Waals surface area (Å²) in [5.41, 5.74) is 1.11. The maximum absolute atomic E-state index is 6.19. The van der Waals surface area contributed by atoms with Crippen molar-refractivity contribution in [3.05, 3.63) is 52.3 Å². The molecule has 0 aliphatic heterocycles. The van der Waals surface area contributed by atoms with Crippen LogP contribution in [0.2, 0.25) is 10.0 Å². The predicted octanol–water partition coefficient (Wildman–Crippen LogP) is 4.29. The van der Waals surface area contributed by atoms with Crippen molar-refractivity contribution in [3.8, 4) is 11.5 Å². The lowest BCUT2D eigenvalue weighted by atomic mass is 10.2. The molecule has 100 valence electrons. The highest BCUT2D eigenvalue weighted by Gasteiger charge is 2.05. The maximum Gasteiger partial charge on any atom is 0.147 e. The van der Waals surface area contributed by atoms with Crippen molar-refractivity contribution in [3.63, 3.8) is 0 Å². The monoisotopic (exact) mass is 296 g/mol. The van der Waals surface area contributed by atoms with Crippen LogP contribution in [0.25, 0.3) is 0 Å². The first-order chi connectivity index (χ1) is 9.19. The van der Waals surface area contributed by atoms with Gasteiger partial charge in [0.15, 0.2) is 0 Å². The van der Waals surface area contributed by atoms with Crippen molar-refractivity contribution in [1.29, 1.82) is 0 Å². The average Bonchev–Trinajstić information content (AvgIpc) is 2.39. The van der Waals surface area contributed by atoms with E-state index >= 15 is 0 Å². The topological polar surface area (TPSA) is 34.1 Å². The number of rotatable bonds is 5. The van der Waals surface area contributed by atoms with Crippen LogP contribution in [0.5, 0.6) is 11.5 Å². The minimum Gasteiger partial charge on any atom is -0.454 e. The maximum atomic E-state index is 6.19. The number of ether oxygens (including phenoxy) is 1. The van der Waals surface area contributed by atoms with Gasteiger partial charge in [0.05, 0.1) is 16.2 Å². The third-order valence-electron chi connectivity index (χ3n) is 2.48. The predicted molar refractivity (Wildman–Crippen MR) is 78.2 cm³/mol. The first-order valence-electron chi connectivity index (χ1n) is 5.96. The summed E-state index contributed by atoms with van der Waals surface area (Å²) in [6, 6.07) is 7.40. The highest BCUT2D eigenvalue weighted by molar-refractivity contribution is 6.32. The molecule has 0 amide bonds. The lowest BCUT2D eigenvalue weighted by Gasteiger charge is -2.09. The van der Waals surface area contributed by atoms with E-state index < -0.39 is 0 Å². The number of nitrogens with zero attached hydrogens (tertiary/aromatic N) is 1. The van der Waals surface area contributed by atoms with Crippen LogP contribution in [-0.2, 0) is 6.54 Å². The van der Waals surface area contributed by atoms with E-state index in [-0.39, 0.29) is 0 Å². The minimum atomic E-state index is 0.525. The van der Waals surface area contributed by atoms with E-state index in [9.17, 15) is 0 Å². The summed E-state index contributed by atoms with van der Waals surface area (Å²) in [5.74, 6) is 1.15. The molecule has 0 spiro atoms. The van der Waals surface area contributed by atoms with Crippen LogP contribution in [-0.4, -0.2) is 11.5 Å².